The monoisotopic (exact) mass is 497 g/mol. The minimum Gasteiger partial charge on any atom is -0.459 e. The molecule has 0 amide bonds. The van der Waals surface area contributed by atoms with Gasteiger partial charge < -0.3 is 20.5 Å². The number of methoxy groups -OCH3 is 1. The second-order valence-corrected chi connectivity index (χ2v) is 8.83. The number of nitrogens with zero attached hydrogens (tertiary/aromatic N) is 3. The number of carbonyl (C=O) groups is 1. The zero-order chi connectivity index (χ0) is 25.9. The van der Waals surface area contributed by atoms with Crippen LogP contribution in [0.4, 0.5) is 21.6 Å². The van der Waals surface area contributed by atoms with Crippen LogP contribution in [0.1, 0.15) is 17.7 Å². The number of pyridine rings is 1. The summed E-state index contributed by atoms with van der Waals surface area (Å²) in [7, 11) is 1.31. The molecule has 1 saturated carbocycles. The molecule has 2 heterocycles. The van der Waals surface area contributed by atoms with Crippen LogP contribution >= 0.6 is 0 Å². The molecule has 0 aliphatic heterocycles. The van der Waals surface area contributed by atoms with E-state index in [1.807, 2.05) is 6.07 Å². The third kappa shape index (κ3) is 5.43. The normalized spacial score (nSPS) is 16.0. The number of benzene rings is 2. The van der Waals surface area contributed by atoms with Crippen LogP contribution in [0.2, 0.25) is 0 Å². The number of hydrogen-bond donors (Lipinski definition) is 2. The van der Waals surface area contributed by atoms with Gasteiger partial charge in [0.05, 0.1) is 24.5 Å². The predicted octanol–water partition coefficient (Wildman–Crippen LogP) is 4.95. The Balaban J connectivity index is 1.25. The molecular formula is C28H24FN5O3. The molecule has 1 aliphatic carbocycles. The Morgan fingerprint density at radius 3 is 2.84 bits per heavy atom. The quantitative estimate of drug-likeness (QED) is 0.167. The van der Waals surface area contributed by atoms with Crippen molar-refractivity contribution in [3.63, 3.8) is 0 Å². The zero-order valence-electron chi connectivity index (χ0n) is 20.3. The third-order valence-corrected chi connectivity index (χ3v) is 6.21. The Morgan fingerprint density at radius 1 is 1.19 bits per heavy atom. The van der Waals surface area contributed by atoms with Gasteiger partial charge in [0.1, 0.15) is 23.6 Å². The van der Waals surface area contributed by atoms with Gasteiger partial charge in [0.25, 0.3) is 0 Å². The molecule has 1 aliphatic rings. The van der Waals surface area contributed by atoms with Gasteiger partial charge >= 0.3 is 5.97 Å². The highest BCUT2D eigenvalue weighted by atomic mass is 19.1. The smallest absolute Gasteiger partial charge is 0.384 e. The van der Waals surface area contributed by atoms with Gasteiger partial charge in [-0.3, -0.25) is 4.98 Å². The summed E-state index contributed by atoms with van der Waals surface area (Å²) in [5, 5.41) is 3.74. The van der Waals surface area contributed by atoms with E-state index in [1.54, 1.807) is 49.5 Å². The Bertz CT molecular complexity index is 1550. The maximum Gasteiger partial charge on any atom is 0.384 e. The van der Waals surface area contributed by atoms with E-state index in [0.717, 1.165) is 18.5 Å². The summed E-state index contributed by atoms with van der Waals surface area (Å²) >= 11 is 0. The number of aromatic nitrogens is 3. The lowest BCUT2D eigenvalue weighted by atomic mass is 10.1. The van der Waals surface area contributed by atoms with Crippen LogP contribution in [-0.2, 0) is 16.0 Å². The van der Waals surface area contributed by atoms with Crippen molar-refractivity contribution in [1.82, 2.24) is 15.0 Å². The molecule has 3 N–H and O–H groups in total. The summed E-state index contributed by atoms with van der Waals surface area (Å²) in [5.41, 5.74) is 8.67. The summed E-state index contributed by atoms with van der Waals surface area (Å²) < 4.78 is 25.7. The number of anilines is 3. The molecule has 0 bridgehead atoms. The average Bonchev–Trinajstić information content (AvgIpc) is 3.65. The van der Waals surface area contributed by atoms with E-state index in [-0.39, 0.29) is 11.6 Å². The van der Waals surface area contributed by atoms with Gasteiger partial charge in [0.2, 0.25) is 0 Å². The van der Waals surface area contributed by atoms with Crippen molar-refractivity contribution in [2.24, 2.45) is 11.8 Å². The summed E-state index contributed by atoms with van der Waals surface area (Å²) in [6.07, 6.45) is 4.73. The average molecular weight is 498 g/mol. The van der Waals surface area contributed by atoms with Crippen molar-refractivity contribution in [3.05, 3.63) is 72.1 Å². The van der Waals surface area contributed by atoms with Crippen molar-refractivity contribution in [2.45, 2.75) is 19.8 Å². The van der Waals surface area contributed by atoms with E-state index < -0.39 is 11.8 Å². The molecule has 2 atom stereocenters. The lowest BCUT2D eigenvalue weighted by molar-refractivity contribution is -0.133. The van der Waals surface area contributed by atoms with Gasteiger partial charge in [-0.1, -0.05) is 5.92 Å². The number of fused-ring (bicyclic) bond motifs is 1. The molecule has 4 aromatic rings. The highest BCUT2D eigenvalue weighted by Crippen LogP contribution is 2.40. The van der Waals surface area contributed by atoms with E-state index in [0.29, 0.717) is 45.4 Å². The zero-order valence-corrected chi connectivity index (χ0v) is 20.3. The molecule has 8 nitrogen and oxygen atoms in total. The topological polar surface area (TPSA) is 112 Å². The Kier molecular flexibility index (Phi) is 6.56. The van der Waals surface area contributed by atoms with E-state index >= 15 is 4.39 Å². The molecule has 2 unspecified atom stereocenters. The number of ether oxygens (including phenoxy) is 2. The SMILES string of the molecule is COC(=O)C#CC1CC1Cc1ccc(Oc2ccc(Nc3ncnc4ccc(N)cc34)c(F)c2C)cn1. The van der Waals surface area contributed by atoms with Crippen LogP contribution in [0.25, 0.3) is 10.9 Å². The van der Waals surface area contributed by atoms with Crippen molar-refractivity contribution in [3.8, 4) is 23.3 Å². The minimum atomic E-state index is -0.520. The lowest BCUT2D eigenvalue weighted by Crippen LogP contribution is -2.01. The maximum atomic E-state index is 15.3. The van der Waals surface area contributed by atoms with Crippen LogP contribution in [-0.4, -0.2) is 28.0 Å². The van der Waals surface area contributed by atoms with Crippen LogP contribution in [0.5, 0.6) is 11.5 Å². The van der Waals surface area contributed by atoms with Crippen molar-refractivity contribution in [2.75, 3.05) is 18.2 Å². The van der Waals surface area contributed by atoms with Gasteiger partial charge in [-0.25, -0.2) is 19.2 Å². The first kappa shape index (κ1) is 24.0. The standard InChI is InChI=1S/C28H24FN5O3/c1-16-25(37-21-6-5-20(31-14-21)12-18-11-17(18)3-10-26(35)36-2)9-8-24(27(16)29)34-28-22-13-19(30)4-7-23(22)32-15-33-28/h4-9,13-15,17-18H,11-12,30H2,1-2H3,(H,32,33,34). The largest absolute Gasteiger partial charge is 0.459 e. The maximum absolute atomic E-state index is 15.3. The molecule has 2 aromatic heterocycles. The first-order valence-electron chi connectivity index (χ1n) is 11.7. The molecule has 5 rings (SSSR count). The van der Waals surface area contributed by atoms with E-state index in [9.17, 15) is 4.79 Å². The number of nitrogen functional groups attached to an aromatic ring is 1. The fourth-order valence-electron chi connectivity index (χ4n) is 4.02. The van der Waals surface area contributed by atoms with E-state index in [2.05, 4.69) is 36.8 Å². The lowest BCUT2D eigenvalue weighted by Gasteiger charge is -2.14. The fraction of sp³-hybridized carbons (Fsp3) is 0.214. The van der Waals surface area contributed by atoms with Crippen LogP contribution in [0, 0.1) is 36.4 Å². The third-order valence-electron chi connectivity index (χ3n) is 6.21. The first-order chi connectivity index (χ1) is 17.9. The molecule has 9 heteroatoms. The van der Waals surface area contributed by atoms with Gasteiger partial charge in [0, 0.05) is 34.2 Å². The number of nitrogens with two attached hydrogens (primary N) is 1. The van der Waals surface area contributed by atoms with Crippen molar-refractivity contribution >= 4 is 34.1 Å². The summed E-state index contributed by atoms with van der Waals surface area (Å²) in [4.78, 5) is 24.1. The van der Waals surface area contributed by atoms with Gasteiger partial charge in [0.15, 0.2) is 5.82 Å². The second kappa shape index (κ2) is 10.1. The van der Waals surface area contributed by atoms with Crippen molar-refractivity contribution < 1.29 is 18.7 Å². The molecule has 1 fully saturated rings. The van der Waals surface area contributed by atoms with E-state index in [1.165, 1.54) is 13.4 Å². The number of carbonyl (C=O) groups excluding carboxylic acids is 1. The minimum absolute atomic E-state index is 0.187. The van der Waals surface area contributed by atoms with E-state index in [4.69, 9.17) is 10.5 Å². The number of rotatable bonds is 6. The summed E-state index contributed by atoms with van der Waals surface area (Å²) in [6.45, 7) is 1.65. The van der Waals surface area contributed by atoms with Crippen LogP contribution in [0.3, 0.4) is 0 Å². The van der Waals surface area contributed by atoms with Gasteiger partial charge in [-0.2, -0.15) is 0 Å². The number of hydrogen-bond acceptors (Lipinski definition) is 8. The van der Waals surface area contributed by atoms with Crippen LogP contribution < -0.4 is 15.8 Å². The number of esters is 1. The Labute approximate surface area is 213 Å². The van der Waals surface area contributed by atoms with Gasteiger partial charge in [-0.15, -0.1) is 0 Å². The predicted molar refractivity (Wildman–Crippen MR) is 138 cm³/mol. The number of halogens is 1. The molecule has 2 aromatic carbocycles. The number of nitrogens with one attached hydrogen (secondary N) is 1. The highest BCUT2D eigenvalue weighted by molar-refractivity contribution is 5.92. The fourth-order valence-corrected chi connectivity index (χ4v) is 4.02. The Hall–Kier alpha value is -4.71. The molecule has 0 spiro atoms. The second-order valence-electron chi connectivity index (χ2n) is 8.83. The summed E-state index contributed by atoms with van der Waals surface area (Å²) in [6, 6.07) is 12.3. The molecular weight excluding hydrogens is 473 g/mol. The molecule has 37 heavy (non-hydrogen) atoms. The highest BCUT2D eigenvalue weighted by Gasteiger charge is 2.36. The Morgan fingerprint density at radius 2 is 2.05 bits per heavy atom. The molecule has 0 saturated heterocycles. The summed E-state index contributed by atoms with van der Waals surface area (Å²) in [5.74, 6) is 6.35. The first-order valence-corrected chi connectivity index (χ1v) is 11.7. The molecule has 186 valence electrons. The van der Waals surface area contributed by atoms with Gasteiger partial charge in [-0.05, 0) is 68.1 Å². The van der Waals surface area contributed by atoms with Crippen LogP contribution in [0.15, 0.2) is 55.0 Å². The van der Waals surface area contributed by atoms with Crippen molar-refractivity contribution in [1.29, 1.82) is 0 Å². The molecule has 0 radical (unpaired) electrons.